The van der Waals surface area contributed by atoms with Crippen molar-refractivity contribution in [2.45, 2.75) is 6.61 Å². The van der Waals surface area contributed by atoms with Gasteiger partial charge in [-0.2, -0.15) is 19.1 Å². The lowest BCUT2D eigenvalue weighted by Crippen LogP contribution is -2.01. The number of hydrogen-bond donors (Lipinski definition) is 0. The van der Waals surface area contributed by atoms with E-state index in [0.717, 1.165) is 5.56 Å². The monoisotopic (exact) mass is 286 g/mol. The van der Waals surface area contributed by atoms with Gasteiger partial charge in [0, 0.05) is 11.8 Å². The largest absolute Gasteiger partial charge is 0.435 e. The molecule has 0 saturated heterocycles. The third-order valence-corrected chi connectivity index (χ3v) is 2.90. The van der Waals surface area contributed by atoms with E-state index in [1.807, 2.05) is 6.07 Å². The standard InChI is InChI=1S/C14H8F2N4O/c15-14(16)21-11-3-1-9(2-4-11)12-5-6-18-13-10(7-17)8-19-20(12)13/h1-6,8,14H. The zero-order valence-electron chi connectivity index (χ0n) is 10.6. The fraction of sp³-hybridized carbons (Fsp3) is 0.0714. The predicted molar refractivity (Wildman–Crippen MR) is 69.8 cm³/mol. The number of hydrogen-bond acceptors (Lipinski definition) is 4. The zero-order chi connectivity index (χ0) is 14.8. The SMILES string of the molecule is N#Cc1cnn2c(-c3ccc(OC(F)F)cc3)ccnc12. The Kier molecular flexibility index (Phi) is 3.20. The van der Waals surface area contributed by atoms with E-state index in [2.05, 4.69) is 14.8 Å². The van der Waals surface area contributed by atoms with E-state index in [1.165, 1.54) is 22.8 Å². The van der Waals surface area contributed by atoms with E-state index >= 15 is 0 Å². The van der Waals surface area contributed by atoms with Crippen molar-refractivity contribution in [3.8, 4) is 23.1 Å². The second-order valence-corrected chi connectivity index (χ2v) is 4.14. The third-order valence-electron chi connectivity index (χ3n) is 2.90. The third kappa shape index (κ3) is 2.39. The highest BCUT2D eigenvalue weighted by molar-refractivity contribution is 5.65. The van der Waals surface area contributed by atoms with Crippen molar-refractivity contribution in [3.63, 3.8) is 0 Å². The summed E-state index contributed by atoms with van der Waals surface area (Å²) in [6.07, 6.45) is 3.00. The van der Waals surface area contributed by atoms with Crippen LogP contribution in [0.5, 0.6) is 5.75 Å². The molecule has 3 rings (SSSR count). The molecular weight excluding hydrogens is 278 g/mol. The number of benzene rings is 1. The van der Waals surface area contributed by atoms with Crippen LogP contribution in [0.3, 0.4) is 0 Å². The van der Waals surface area contributed by atoms with Gasteiger partial charge in [0.15, 0.2) is 5.65 Å². The van der Waals surface area contributed by atoms with Crippen molar-refractivity contribution in [3.05, 3.63) is 48.3 Å². The van der Waals surface area contributed by atoms with Crippen LogP contribution in [0, 0.1) is 11.3 Å². The molecule has 0 bridgehead atoms. The van der Waals surface area contributed by atoms with Gasteiger partial charge >= 0.3 is 6.61 Å². The molecule has 3 aromatic rings. The maximum atomic E-state index is 12.1. The van der Waals surface area contributed by atoms with Gasteiger partial charge in [-0.25, -0.2) is 9.50 Å². The van der Waals surface area contributed by atoms with Crippen molar-refractivity contribution >= 4 is 5.65 Å². The molecule has 1 aromatic carbocycles. The van der Waals surface area contributed by atoms with Crippen LogP contribution < -0.4 is 4.74 Å². The predicted octanol–water partition coefficient (Wildman–Crippen LogP) is 2.87. The Labute approximate surface area is 118 Å². The van der Waals surface area contributed by atoms with Crippen molar-refractivity contribution in [1.29, 1.82) is 5.26 Å². The van der Waals surface area contributed by atoms with Crippen molar-refractivity contribution in [1.82, 2.24) is 14.6 Å². The van der Waals surface area contributed by atoms with Crippen LogP contribution in [-0.2, 0) is 0 Å². The molecule has 0 saturated carbocycles. The highest BCUT2D eigenvalue weighted by Crippen LogP contribution is 2.24. The molecule has 2 heterocycles. The minimum Gasteiger partial charge on any atom is -0.435 e. The van der Waals surface area contributed by atoms with E-state index in [9.17, 15) is 8.78 Å². The second-order valence-electron chi connectivity index (χ2n) is 4.14. The fourth-order valence-corrected chi connectivity index (χ4v) is 2.00. The van der Waals surface area contributed by atoms with Gasteiger partial charge in [-0.3, -0.25) is 0 Å². The van der Waals surface area contributed by atoms with E-state index < -0.39 is 6.61 Å². The summed E-state index contributed by atoms with van der Waals surface area (Å²) in [5.74, 6) is 0.0808. The van der Waals surface area contributed by atoms with E-state index in [0.29, 0.717) is 16.9 Å². The summed E-state index contributed by atoms with van der Waals surface area (Å²) in [7, 11) is 0. The maximum Gasteiger partial charge on any atom is 0.387 e. The van der Waals surface area contributed by atoms with E-state index in [1.54, 1.807) is 24.4 Å². The van der Waals surface area contributed by atoms with Gasteiger partial charge < -0.3 is 4.74 Å². The second kappa shape index (κ2) is 5.17. The molecule has 5 nitrogen and oxygen atoms in total. The lowest BCUT2D eigenvalue weighted by atomic mass is 10.1. The van der Waals surface area contributed by atoms with Crippen molar-refractivity contribution < 1.29 is 13.5 Å². The van der Waals surface area contributed by atoms with Crippen LogP contribution in [0.1, 0.15) is 5.56 Å². The Hall–Kier alpha value is -3.01. The molecule has 0 spiro atoms. The molecule has 0 N–H and O–H groups in total. The van der Waals surface area contributed by atoms with Gasteiger partial charge in [0.1, 0.15) is 17.4 Å². The molecule has 0 aliphatic heterocycles. The number of nitriles is 1. The smallest absolute Gasteiger partial charge is 0.387 e. The highest BCUT2D eigenvalue weighted by atomic mass is 19.3. The Balaban J connectivity index is 2.04. The molecular formula is C14H8F2N4O. The number of alkyl halides is 2. The van der Waals surface area contributed by atoms with Gasteiger partial charge in [0.25, 0.3) is 0 Å². The highest BCUT2D eigenvalue weighted by Gasteiger charge is 2.10. The van der Waals surface area contributed by atoms with Crippen molar-refractivity contribution in [2.75, 3.05) is 0 Å². The number of halogens is 2. The summed E-state index contributed by atoms with van der Waals surface area (Å²) in [6, 6.07) is 9.91. The van der Waals surface area contributed by atoms with Crippen LogP contribution >= 0.6 is 0 Å². The Bertz CT molecular complexity index is 821. The van der Waals surface area contributed by atoms with Gasteiger partial charge in [0.05, 0.1) is 11.9 Å². The fourth-order valence-electron chi connectivity index (χ4n) is 2.00. The van der Waals surface area contributed by atoms with Crippen LogP contribution in [0.15, 0.2) is 42.7 Å². The average molecular weight is 286 g/mol. The van der Waals surface area contributed by atoms with E-state index in [4.69, 9.17) is 5.26 Å². The molecule has 0 amide bonds. The summed E-state index contributed by atoms with van der Waals surface area (Å²) < 4.78 is 30.1. The first-order chi connectivity index (χ1) is 10.2. The Morgan fingerprint density at radius 2 is 1.95 bits per heavy atom. The summed E-state index contributed by atoms with van der Waals surface area (Å²) >= 11 is 0. The number of aromatic nitrogens is 3. The maximum absolute atomic E-state index is 12.1. The van der Waals surface area contributed by atoms with Crippen LogP contribution in [0.2, 0.25) is 0 Å². The first-order valence-corrected chi connectivity index (χ1v) is 5.97. The van der Waals surface area contributed by atoms with Crippen molar-refractivity contribution in [2.24, 2.45) is 0 Å². The van der Waals surface area contributed by atoms with Crippen LogP contribution in [0.25, 0.3) is 16.9 Å². The van der Waals surface area contributed by atoms with E-state index in [-0.39, 0.29) is 5.75 Å². The summed E-state index contributed by atoms with van der Waals surface area (Å²) in [4.78, 5) is 4.11. The lowest BCUT2D eigenvalue weighted by molar-refractivity contribution is -0.0498. The molecule has 0 aliphatic carbocycles. The molecule has 0 radical (unpaired) electrons. The molecule has 0 atom stereocenters. The van der Waals surface area contributed by atoms with Gasteiger partial charge in [-0.1, -0.05) is 0 Å². The van der Waals surface area contributed by atoms with Gasteiger partial charge in [-0.15, -0.1) is 0 Å². The summed E-state index contributed by atoms with van der Waals surface area (Å²) in [6.45, 7) is -2.85. The van der Waals surface area contributed by atoms with Crippen LogP contribution in [0.4, 0.5) is 8.78 Å². The molecule has 0 fully saturated rings. The number of nitrogens with zero attached hydrogens (tertiary/aromatic N) is 4. The normalized spacial score (nSPS) is 10.8. The Morgan fingerprint density at radius 3 is 2.62 bits per heavy atom. The molecule has 21 heavy (non-hydrogen) atoms. The zero-order valence-corrected chi connectivity index (χ0v) is 10.6. The minimum atomic E-state index is -2.85. The quantitative estimate of drug-likeness (QED) is 0.742. The van der Waals surface area contributed by atoms with Crippen LogP contribution in [-0.4, -0.2) is 21.2 Å². The first kappa shape index (κ1) is 13.0. The summed E-state index contributed by atoms with van der Waals surface area (Å²) in [5, 5.41) is 13.1. The first-order valence-electron chi connectivity index (χ1n) is 5.97. The molecule has 2 aromatic heterocycles. The molecule has 0 aliphatic rings. The van der Waals surface area contributed by atoms with Gasteiger partial charge in [-0.05, 0) is 30.3 Å². The molecule has 7 heteroatoms. The lowest BCUT2D eigenvalue weighted by Gasteiger charge is -2.07. The Morgan fingerprint density at radius 1 is 1.19 bits per heavy atom. The number of rotatable bonds is 3. The van der Waals surface area contributed by atoms with Gasteiger partial charge in [0.2, 0.25) is 0 Å². The minimum absolute atomic E-state index is 0.0808. The molecule has 104 valence electrons. The molecule has 0 unspecified atom stereocenters. The summed E-state index contributed by atoms with van der Waals surface area (Å²) in [5.41, 5.74) is 2.26. The average Bonchev–Trinajstić information content (AvgIpc) is 2.90. The number of fused-ring (bicyclic) bond motifs is 1. The topological polar surface area (TPSA) is 63.2 Å². The number of ether oxygens (including phenoxy) is 1.